The summed E-state index contributed by atoms with van der Waals surface area (Å²) in [7, 11) is 0. The number of benzene rings is 2. The maximum atomic E-state index is 14.1. The Labute approximate surface area is 181 Å². The molecule has 0 bridgehead atoms. The molecule has 2 fully saturated rings. The van der Waals surface area contributed by atoms with Gasteiger partial charge in [-0.25, -0.2) is 4.39 Å². The molecule has 5 nitrogen and oxygen atoms in total. The summed E-state index contributed by atoms with van der Waals surface area (Å²) in [6.45, 7) is 4.23. The second-order valence-corrected chi connectivity index (χ2v) is 8.51. The Kier molecular flexibility index (Phi) is 5.32. The fourth-order valence-corrected chi connectivity index (χ4v) is 4.40. The SMILES string of the molecule is O=C(N1CCN(CCc2ccccc2)CC1)C1(c2cc(-c3ccccc3F)on2)CC1. The molecule has 1 aliphatic heterocycles. The van der Waals surface area contributed by atoms with Gasteiger partial charge in [-0.3, -0.25) is 9.69 Å². The maximum absolute atomic E-state index is 14.1. The summed E-state index contributed by atoms with van der Waals surface area (Å²) in [5.74, 6) is 0.148. The zero-order valence-corrected chi connectivity index (χ0v) is 17.5. The van der Waals surface area contributed by atoms with Gasteiger partial charge >= 0.3 is 0 Å². The molecule has 1 saturated carbocycles. The molecule has 31 heavy (non-hydrogen) atoms. The molecule has 2 aliphatic rings. The van der Waals surface area contributed by atoms with Crippen LogP contribution >= 0.6 is 0 Å². The Hall–Kier alpha value is -2.99. The van der Waals surface area contributed by atoms with E-state index in [9.17, 15) is 9.18 Å². The van der Waals surface area contributed by atoms with E-state index in [1.807, 2.05) is 11.0 Å². The van der Waals surface area contributed by atoms with E-state index >= 15 is 0 Å². The summed E-state index contributed by atoms with van der Waals surface area (Å²) in [6, 6.07) is 18.7. The van der Waals surface area contributed by atoms with Gasteiger partial charge in [-0.15, -0.1) is 0 Å². The molecule has 1 aliphatic carbocycles. The van der Waals surface area contributed by atoms with Crippen molar-refractivity contribution in [2.24, 2.45) is 0 Å². The van der Waals surface area contributed by atoms with Gasteiger partial charge in [0.1, 0.15) is 5.82 Å². The largest absolute Gasteiger partial charge is 0.356 e. The van der Waals surface area contributed by atoms with Crippen LogP contribution in [-0.2, 0) is 16.6 Å². The summed E-state index contributed by atoms with van der Waals surface area (Å²) >= 11 is 0. The first kappa shape index (κ1) is 19.9. The number of nitrogens with zero attached hydrogens (tertiary/aromatic N) is 3. The quantitative estimate of drug-likeness (QED) is 0.608. The van der Waals surface area contributed by atoms with Gasteiger partial charge in [0, 0.05) is 38.8 Å². The van der Waals surface area contributed by atoms with Crippen molar-refractivity contribution in [3.8, 4) is 11.3 Å². The van der Waals surface area contributed by atoms with Crippen molar-refractivity contribution in [1.29, 1.82) is 0 Å². The van der Waals surface area contributed by atoms with Crippen LogP contribution in [0, 0.1) is 5.82 Å². The van der Waals surface area contributed by atoms with Crippen LogP contribution in [0.2, 0.25) is 0 Å². The molecule has 2 heterocycles. The summed E-state index contributed by atoms with van der Waals surface area (Å²) in [6.07, 6.45) is 2.56. The molecule has 0 radical (unpaired) electrons. The number of aromatic nitrogens is 1. The van der Waals surface area contributed by atoms with Crippen LogP contribution in [0.4, 0.5) is 4.39 Å². The van der Waals surface area contributed by atoms with E-state index in [4.69, 9.17) is 4.52 Å². The van der Waals surface area contributed by atoms with Crippen LogP contribution in [0.5, 0.6) is 0 Å². The number of carbonyl (C=O) groups excluding carboxylic acids is 1. The minimum Gasteiger partial charge on any atom is -0.356 e. The lowest BCUT2D eigenvalue weighted by atomic mass is 9.99. The summed E-state index contributed by atoms with van der Waals surface area (Å²) in [5.41, 5.74) is 1.74. The van der Waals surface area contributed by atoms with Crippen molar-refractivity contribution >= 4 is 5.91 Å². The molecule has 6 heteroatoms. The van der Waals surface area contributed by atoms with Gasteiger partial charge in [0.2, 0.25) is 5.91 Å². The Balaban J connectivity index is 1.21. The monoisotopic (exact) mass is 419 g/mol. The molecular weight excluding hydrogens is 393 g/mol. The third kappa shape index (κ3) is 4.00. The Morgan fingerprint density at radius 3 is 2.42 bits per heavy atom. The lowest BCUT2D eigenvalue weighted by Gasteiger charge is -2.36. The van der Waals surface area contributed by atoms with Crippen LogP contribution in [0.25, 0.3) is 11.3 Å². The van der Waals surface area contributed by atoms with Crippen molar-refractivity contribution in [1.82, 2.24) is 15.0 Å². The van der Waals surface area contributed by atoms with Crippen molar-refractivity contribution in [3.63, 3.8) is 0 Å². The molecular formula is C25H26FN3O2. The van der Waals surface area contributed by atoms with E-state index in [-0.39, 0.29) is 11.7 Å². The highest BCUT2D eigenvalue weighted by Crippen LogP contribution is 2.50. The molecule has 160 valence electrons. The highest BCUT2D eigenvalue weighted by atomic mass is 19.1. The van der Waals surface area contributed by atoms with Crippen molar-refractivity contribution in [2.75, 3.05) is 32.7 Å². The molecule has 0 N–H and O–H groups in total. The number of hydrogen-bond acceptors (Lipinski definition) is 4. The molecule has 0 spiro atoms. The standard InChI is InChI=1S/C25H26FN3O2/c26-21-9-5-4-8-20(21)22-18-23(27-31-22)25(11-12-25)24(30)29-16-14-28(15-17-29)13-10-19-6-2-1-3-7-19/h1-9,18H,10-17H2. The zero-order chi connectivity index (χ0) is 21.3. The number of carbonyl (C=O) groups is 1. The Morgan fingerprint density at radius 1 is 1.00 bits per heavy atom. The fraction of sp³-hybridized carbons (Fsp3) is 0.360. The van der Waals surface area contributed by atoms with E-state index in [0.29, 0.717) is 17.0 Å². The van der Waals surface area contributed by atoms with Crippen molar-refractivity contribution in [2.45, 2.75) is 24.7 Å². The Morgan fingerprint density at radius 2 is 1.71 bits per heavy atom. The first-order valence-corrected chi connectivity index (χ1v) is 10.9. The molecule has 1 amide bonds. The summed E-state index contributed by atoms with van der Waals surface area (Å²) in [5, 5.41) is 4.16. The smallest absolute Gasteiger partial charge is 0.235 e. The third-order valence-electron chi connectivity index (χ3n) is 6.52. The molecule has 2 aromatic carbocycles. The maximum Gasteiger partial charge on any atom is 0.235 e. The average molecular weight is 420 g/mol. The predicted molar refractivity (Wildman–Crippen MR) is 116 cm³/mol. The van der Waals surface area contributed by atoms with Crippen LogP contribution in [0.15, 0.2) is 65.2 Å². The minimum atomic E-state index is -0.598. The lowest BCUT2D eigenvalue weighted by molar-refractivity contribution is -0.135. The molecule has 1 aromatic heterocycles. The van der Waals surface area contributed by atoms with Crippen LogP contribution < -0.4 is 0 Å². The van der Waals surface area contributed by atoms with Crippen LogP contribution in [-0.4, -0.2) is 53.6 Å². The number of hydrogen-bond donors (Lipinski definition) is 0. The lowest BCUT2D eigenvalue weighted by Crippen LogP contribution is -2.51. The van der Waals surface area contributed by atoms with Crippen LogP contribution in [0.1, 0.15) is 24.1 Å². The van der Waals surface area contributed by atoms with E-state index in [2.05, 4.69) is 34.3 Å². The van der Waals surface area contributed by atoms with Gasteiger partial charge in [-0.05, 0) is 37.0 Å². The van der Waals surface area contributed by atoms with E-state index in [0.717, 1.165) is 52.0 Å². The normalized spacial score (nSPS) is 18.2. The van der Waals surface area contributed by atoms with Gasteiger partial charge in [0.05, 0.1) is 16.7 Å². The number of amides is 1. The van der Waals surface area contributed by atoms with Gasteiger partial charge in [0.25, 0.3) is 0 Å². The molecule has 3 aromatic rings. The second-order valence-electron chi connectivity index (χ2n) is 8.51. The molecule has 5 rings (SSSR count). The van der Waals surface area contributed by atoms with Gasteiger partial charge in [-0.1, -0.05) is 47.6 Å². The second kappa shape index (κ2) is 8.27. The van der Waals surface area contributed by atoms with Crippen molar-refractivity contribution < 1.29 is 13.7 Å². The van der Waals surface area contributed by atoms with Gasteiger partial charge < -0.3 is 9.42 Å². The van der Waals surface area contributed by atoms with Crippen molar-refractivity contribution in [3.05, 3.63) is 77.7 Å². The predicted octanol–water partition coefficient (Wildman–Crippen LogP) is 3.90. The first-order chi connectivity index (χ1) is 15.2. The summed E-state index contributed by atoms with van der Waals surface area (Å²) < 4.78 is 19.5. The number of rotatable bonds is 6. The molecule has 0 atom stereocenters. The average Bonchev–Trinajstić information content (AvgIpc) is 3.48. The highest BCUT2D eigenvalue weighted by molar-refractivity contribution is 5.91. The fourth-order valence-electron chi connectivity index (χ4n) is 4.40. The van der Waals surface area contributed by atoms with Gasteiger partial charge in [0.15, 0.2) is 5.76 Å². The van der Waals surface area contributed by atoms with E-state index < -0.39 is 5.41 Å². The van der Waals surface area contributed by atoms with Gasteiger partial charge in [-0.2, -0.15) is 0 Å². The van der Waals surface area contributed by atoms with E-state index in [1.54, 1.807) is 24.3 Å². The Bertz CT molecular complexity index is 1050. The molecule has 1 saturated heterocycles. The first-order valence-electron chi connectivity index (χ1n) is 10.9. The number of halogens is 1. The number of piperazine rings is 1. The topological polar surface area (TPSA) is 49.6 Å². The van der Waals surface area contributed by atoms with Crippen LogP contribution in [0.3, 0.4) is 0 Å². The van der Waals surface area contributed by atoms with E-state index in [1.165, 1.54) is 11.6 Å². The highest BCUT2D eigenvalue weighted by Gasteiger charge is 2.55. The zero-order valence-electron chi connectivity index (χ0n) is 17.5. The molecule has 0 unspecified atom stereocenters. The summed E-state index contributed by atoms with van der Waals surface area (Å²) in [4.78, 5) is 17.7. The third-order valence-corrected chi connectivity index (χ3v) is 6.52. The minimum absolute atomic E-state index is 0.128.